The molecule has 8 nitrogen and oxygen atoms in total. The zero-order chi connectivity index (χ0) is 41.4. The van der Waals surface area contributed by atoms with E-state index in [4.69, 9.17) is 14.2 Å². The van der Waals surface area contributed by atoms with Gasteiger partial charge in [-0.2, -0.15) is 0 Å². The molecular formula is C48H79NO7. The number of rotatable bonds is 37. The Kier molecular flexibility index (Phi) is 36.0. The Labute approximate surface area is 342 Å². The van der Waals surface area contributed by atoms with Crippen LogP contribution in [-0.4, -0.2) is 75.5 Å². The van der Waals surface area contributed by atoms with Crippen LogP contribution in [0, 0.1) is 0 Å². The lowest BCUT2D eigenvalue weighted by Gasteiger charge is -2.34. The van der Waals surface area contributed by atoms with Crippen molar-refractivity contribution in [1.82, 2.24) is 0 Å². The molecule has 0 aromatic rings. The van der Waals surface area contributed by atoms with Crippen LogP contribution in [0.15, 0.2) is 85.1 Å². The molecule has 0 spiro atoms. The van der Waals surface area contributed by atoms with Crippen LogP contribution in [-0.2, 0) is 28.6 Å². The number of unbranched alkanes of at least 4 members (excludes halogenated alkanes) is 11. The molecule has 2 unspecified atom stereocenters. The first-order valence-corrected chi connectivity index (χ1v) is 21.6. The van der Waals surface area contributed by atoms with E-state index in [0.29, 0.717) is 12.8 Å². The Balaban J connectivity index is 4.41. The van der Waals surface area contributed by atoms with Crippen LogP contribution in [0.25, 0.3) is 0 Å². The third-order valence-electron chi connectivity index (χ3n) is 9.09. The largest absolute Gasteiger partial charge is 0.544 e. The maximum absolute atomic E-state index is 12.7. The van der Waals surface area contributed by atoms with E-state index in [1.54, 1.807) is 21.1 Å². The fourth-order valence-electron chi connectivity index (χ4n) is 5.77. The van der Waals surface area contributed by atoms with Gasteiger partial charge in [0.15, 0.2) is 6.10 Å². The Hall–Kier alpha value is -3.49. The monoisotopic (exact) mass is 782 g/mol. The number of allylic oxidation sites excluding steroid dienone is 14. The summed E-state index contributed by atoms with van der Waals surface area (Å²) >= 11 is 0. The van der Waals surface area contributed by atoms with Crippen LogP contribution >= 0.6 is 0 Å². The zero-order valence-corrected chi connectivity index (χ0v) is 36.0. The number of hydrogen-bond acceptors (Lipinski definition) is 7. The summed E-state index contributed by atoms with van der Waals surface area (Å²) in [5, 5.41) is 11.6. The second-order valence-corrected chi connectivity index (χ2v) is 15.2. The topological polar surface area (TPSA) is 102 Å². The van der Waals surface area contributed by atoms with Gasteiger partial charge in [-0.05, 0) is 70.6 Å². The molecule has 0 aromatic heterocycles. The van der Waals surface area contributed by atoms with Crippen molar-refractivity contribution in [2.75, 3.05) is 41.0 Å². The first kappa shape index (κ1) is 52.5. The fourth-order valence-corrected chi connectivity index (χ4v) is 5.77. The Morgan fingerprint density at radius 2 is 1.04 bits per heavy atom. The van der Waals surface area contributed by atoms with Gasteiger partial charge in [-0.25, -0.2) is 0 Å². The van der Waals surface area contributed by atoms with Crippen LogP contribution in [0.4, 0.5) is 0 Å². The Morgan fingerprint density at radius 3 is 1.59 bits per heavy atom. The lowest BCUT2D eigenvalue weighted by molar-refractivity contribution is -0.889. The lowest BCUT2D eigenvalue weighted by Crippen LogP contribution is -2.55. The van der Waals surface area contributed by atoms with Gasteiger partial charge in [0.25, 0.3) is 0 Å². The maximum atomic E-state index is 12.7. The summed E-state index contributed by atoms with van der Waals surface area (Å²) < 4.78 is 17.1. The Bertz CT molecular complexity index is 1190. The van der Waals surface area contributed by atoms with Crippen molar-refractivity contribution in [3.05, 3.63) is 85.1 Å². The molecule has 0 N–H and O–H groups in total. The molecule has 0 aliphatic heterocycles. The van der Waals surface area contributed by atoms with Gasteiger partial charge in [0.05, 0.1) is 40.3 Å². The predicted octanol–water partition coefficient (Wildman–Crippen LogP) is 10.4. The van der Waals surface area contributed by atoms with Crippen molar-refractivity contribution in [1.29, 1.82) is 0 Å². The molecule has 0 bridgehead atoms. The quantitative estimate of drug-likeness (QED) is 0.0203. The Morgan fingerprint density at radius 1 is 0.554 bits per heavy atom. The number of quaternary nitrogens is 1. The van der Waals surface area contributed by atoms with Gasteiger partial charge in [0.2, 0.25) is 0 Å². The predicted molar refractivity (Wildman–Crippen MR) is 231 cm³/mol. The summed E-state index contributed by atoms with van der Waals surface area (Å²) in [6, 6.07) is -0.736. The van der Waals surface area contributed by atoms with Crippen LogP contribution in [0.1, 0.15) is 149 Å². The highest BCUT2D eigenvalue weighted by Gasteiger charge is 2.25. The summed E-state index contributed by atoms with van der Waals surface area (Å²) in [6.45, 7) is 4.36. The number of nitrogens with zero attached hydrogens (tertiary/aromatic N) is 1. The minimum absolute atomic E-state index is 0.0227. The van der Waals surface area contributed by atoms with Gasteiger partial charge in [-0.1, -0.05) is 144 Å². The van der Waals surface area contributed by atoms with E-state index in [9.17, 15) is 19.5 Å². The molecule has 0 aromatic carbocycles. The van der Waals surface area contributed by atoms with Gasteiger partial charge < -0.3 is 28.6 Å². The van der Waals surface area contributed by atoms with Crippen molar-refractivity contribution in [2.24, 2.45) is 0 Å². The number of carbonyl (C=O) groups is 3. The summed E-state index contributed by atoms with van der Waals surface area (Å²) in [6.07, 6.45) is 48.9. The van der Waals surface area contributed by atoms with Crippen molar-refractivity contribution < 1.29 is 38.2 Å². The molecule has 0 amide bonds. The summed E-state index contributed by atoms with van der Waals surface area (Å²) in [7, 11) is 5.38. The van der Waals surface area contributed by atoms with Crippen LogP contribution < -0.4 is 5.11 Å². The molecule has 8 heteroatoms. The maximum Gasteiger partial charge on any atom is 0.306 e. The lowest BCUT2D eigenvalue weighted by atomic mass is 10.1. The number of carboxylic acid groups (broad SMARTS) is 1. The second kappa shape index (κ2) is 38.4. The third-order valence-corrected chi connectivity index (χ3v) is 9.09. The van der Waals surface area contributed by atoms with E-state index in [-0.39, 0.29) is 42.7 Å². The van der Waals surface area contributed by atoms with E-state index in [2.05, 4.69) is 86.8 Å². The minimum Gasteiger partial charge on any atom is -0.544 e. The number of likely N-dealkylation sites (N-methyl/N-ethyl adjacent to an activating group) is 1. The molecule has 0 aliphatic rings. The number of carboxylic acids is 1. The zero-order valence-electron chi connectivity index (χ0n) is 36.0. The summed E-state index contributed by atoms with van der Waals surface area (Å²) in [5.74, 6) is -1.79. The molecular weight excluding hydrogens is 703 g/mol. The fraction of sp³-hybridized carbons (Fsp3) is 0.646. The van der Waals surface area contributed by atoms with Crippen molar-refractivity contribution in [3.8, 4) is 0 Å². The van der Waals surface area contributed by atoms with E-state index >= 15 is 0 Å². The van der Waals surface area contributed by atoms with Gasteiger partial charge >= 0.3 is 11.9 Å². The highest BCUT2D eigenvalue weighted by Crippen LogP contribution is 2.13. The van der Waals surface area contributed by atoms with Crippen molar-refractivity contribution >= 4 is 17.9 Å². The van der Waals surface area contributed by atoms with Gasteiger partial charge in [0.1, 0.15) is 12.6 Å². The normalized spacial score (nSPS) is 13.8. The van der Waals surface area contributed by atoms with E-state index < -0.39 is 18.1 Å². The molecule has 0 heterocycles. The average Bonchev–Trinajstić information content (AvgIpc) is 3.15. The number of aliphatic carboxylic acids is 1. The first-order chi connectivity index (χ1) is 27.1. The molecule has 0 saturated heterocycles. The average molecular weight is 782 g/mol. The molecule has 0 aliphatic carbocycles. The second-order valence-electron chi connectivity index (χ2n) is 15.2. The number of ether oxygens (including phenoxy) is 3. The van der Waals surface area contributed by atoms with Gasteiger partial charge in [-0.3, -0.25) is 9.59 Å². The van der Waals surface area contributed by atoms with Crippen molar-refractivity contribution in [3.63, 3.8) is 0 Å². The SMILES string of the molecule is CC/C=C/C=C/C=C/CCCCCCCC(=O)OCC(COCCC(C(=O)[O-])[N+](C)(C)C)OC(=O)CCCCCCCC/C=C/C/C=C/C/C=C/C/C=C/CC. The molecule has 0 fully saturated rings. The standard InChI is InChI=1S/C48H79NO7/c1-6-8-10-12-14-16-18-20-21-22-23-24-25-27-29-31-33-35-37-39-47(51)56-44(42-54-41-40-45(48(52)53)49(3,4)5)43-55-46(50)38-36-34-32-30-28-26-19-17-15-13-11-9-7-2/h8-11,13-17,19-21,23-24,44-45H,6-7,12,18,22,25-43H2,1-5H3/b10-8+,11-9+,15-13+,16-14+,19-17+,21-20+,24-23+. The van der Waals surface area contributed by atoms with Crippen LogP contribution in [0.5, 0.6) is 0 Å². The third kappa shape index (κ3) is 36.2. The van der Waals surface area contributed by atoms with E-state index in [0.717, 1.165) is 103 Å². The number of hydrogen-bond donors (Lipinski definition) is 0. The highest BCUT2D eigenvalue weighted by atomic mass is 16.6. The van der Waals surface area contributed by atoms with E-state index in [1.165, 1.54) is 12.8 Å². The first-order valence-electron chi connectivity index (χ1n) is 21.6. The summed E-state index contributed by atoms with van der Waals surface area (Å²) in [5.41, 5.74) is 0. The van der Waals surface area contributed by atoms with Gasteiger partial charge in [-0.15, -0.1) is 0 Å². The number of esters is 2. The minimum atomic E-state index is -1.14. The number of carbonyl (C=O) groups excluding carboxylic acids is 3. The molecule has 56 heavy (non-hydrogen) atoms. The smallest absolute Gasteiger partial charge is 0.306 e. The van der Waals surface area contributed by atoms with Gasteiger partial charge in [0, 0.05) is 19.3 Å². The molecule has 0 radical (unpaired) electrons. The molecule has 318 valence electrons. The summed E-state index contributed by atoms with van der Waals surface area (Å²) in [4.78, 5) is 36.8. The highest BCUT2D eigenvalue weighted by molar-refractivity contribution is 5.70. The van der Waals surface area contributed by atoms with Crippen LogP contribution in [0.2, 0.25) is 0 Å². The van der Waals surface area contributed by atoms with E-state index in [1.807, 2.05) is 12.2 Å². The molecule has 0 saturated carbocycles. The van der Waals surface area contributed by atoms with Crippen molar-refractivity contribution in [2.45, 2.75) is 161 Å². The molecule has 2 atom stereocenters. The van der Waals surface area contributed by atoms with Crippen LogP contribution in [0.3, 0.4) is 0 Å². The molecule has 0 rings (SSSR count).